The molecule has 0 unspecified atom stereocenters. The molecule has 29 heavy (non-hydrogen) atoms. The molecule has 5 nitrogen and oxygen atoms in total. The molecule has 0 fully saturated rings. The zero-order chi connectivity index (χ0) is 20.4. The number of carbonyl (C=O) groups is 1. The molecule has 0 aliphatic heterocycles. The van der Waals surface area contributed by atoms with Crippen LogP contribution in [0.4, 0.5) is 0 Å². The molecule has 0 radical (unpaired) electrons. The number of aryl methyl sites for hydroxylation is 1. The van der Waals surface area contributed by atoms with Gasteiger partial charge in [-0.3, -0.25) is 4.79 Å². The summed E-state index contributed by atoms with van der Waals surface area (Å²) in [6.45, 7) is 1.92. The van der Waals surface area contributed by atoms with Gasteiger partial charge >= 0.3 is 0 Å². The molecule has 1 amide bonds. The molecule has 3 aromatic carbocycles. The van der Waals surface area contributed by atoms with Gasteiger partial charge in [0, 0.05) is 26.5 Å². The number of hydrogen-bond donors (Lipinski definition) is 3. The Hall–Kier alpha value is -3.38. The van der Waals surface area contributed by atoms with Crippen LogP contribution in [0.1, 0.15) is 21.6 Å². The molecule has 0 atom stereocenters. The zero-order valence-electron chi connectivity index (χ0n) is 15.6. The Balaban J connectivity index is 1.70. The number of nitrogens with zero attached hydrogens (tertiary/aromatic N) is 1. The first kappa shape index (κ1) is 19.0. The van der Waals surface area contributed by atoms with Crippen LogP contribution in [0.5, 0.6) is 5.75 Å². The minimum atomic E-state index is -0.362. The van der Waals surface area contributed by atoms with Gasteiger partial charge in [0.15, 0.2) is 0 Å². The predicted octanol–water partition coefficient (Wildman–Crippen LogP) is 5.38. The summed E-state index contributed by atoms with van der Waals surface area (Å²) in [6, 6.07) is 20.8. The molecule has 0 aliphatic rings. The minimum absolute atomic E-state index is 0.106. The number of halogens is 1. The van der Waals surface area contributed by atoms with E-state index in [1.165, 1.54) is 6.21 Å². The summed E-state index contributed by atoms with van der Waals surface area (Å²) < 4.78 is 0.932. The largest absolute Gasteiger partial charge is 0.507 e. The number of carbonyl (C=O) groups excluding carboxylic acids is 1. The quantitative estimate of drug-likeness (QED) is 0.290. The highest BCUT2D eigenvalue weighted by Gasteiger charge is 2.19. The van der Waals surface area contributed by atoms with E-state index in [0.29, 0.717) is 11.3 Å². The van der Waals surface area contributed by atoms with E-state index in [9.17, 15) is 9.90 Å². The van der Waals surface area contributed by atoms with Gasteiger partial charge in [0.1, 0.15) is 11.4 Å². The summed E-state index contributed by atoms with van der Waals surface area (Å²) >= 11 is 3.50. The molecule has 144 valence electrons. The maximum Gasteiger partial charge on any atom is 0.288 e. The van der Waals surface area contributed by atoms with E-state index >= 15 is 0 Å². The highest BCUT2D eigenvalue weighted by atomic mass is 79.9. The van der Waals surface area contributed by atoms with Gasteiger partial charge < -0.3 is 10.1 Å². The number of aromatic hydroxyl groups is 1. The number of hydrazone groups is 1. The number of phenolic OH excluding ortho intramolecular Hbond substituents is 1. The molecule has 4 aromatic rings. The van der Waals surface area contributed by atoms with E-state index in [1.807, 2.05) is 55.5 Å². The van der Waals surface area contributed by atoms with Crippen LogP contribution >= 0.6 is 15.9 Å². The SMILES string of the molecule is Cc1ccc(O)c(/C=N/NC(=O)c2[nH]c3ccc(Br)cc3c2-c2ccccc2)c1. The first-order chi connectivity index (χ1) is 14.0. The lowest BCUT2D eigenvalue weighted by Gasteiger charge is -2.05. The van der Waals surface area contributed by atoms with E-state index in [-0.39, 0.29) is 11.7 Å². The lowest BCUT2D eigenvalue weighted by atomic mass is 10.0. The van der Waals surface area contributed by atoms with Gasteiger partial charge in [0.05, 0.1) is 6.21 Å². The third kappa shape index (κ3) is 3.93. The fraction of sp³-hybridized carbons (Fsp3) is 0.0435. The van der Waals surface area contributed by atoms with Crippen molar-refractivity contribution >= 4 is 39.0 Å². The standard InChI is InChI=1S/C23H18BrN3O2/c1-14-7-10-20(28)16(11-14)13-25-27-23(29)22-21(15-5-3-2-4-6-15)18-12-17(24)8-9-19(18)26-22/h2-13,26,28H,1H3,(H,27,29)/b25-13+. The highest BCUT2D eigenvalue weighted by molar-refractivity contribution is 9.10. The van der Waals surface area contributed by atoms with E-state index in [2.05, 4.69) is 31.4 Å². The van der Waals surface area contributed by atoms with Crippen molar-refractivity contribution in [2.45, 2.75) is 6.92 Å². The fourth-order valence-corrected chi connectivity index (χ4v) is 3.59. The number of H-pyrrole nitrogens is 1. The number of nitrogens with one attached hydrogen (secondary N) is 2. The Morgan fingerprint density at radius 3 is 2.69 bits per heavy atom. The third-order valence-corrected chi connectivity index (χ3v) is 5.10. The highest BCUT2D eigenvalue weighted by Crippen LogP contribution is 2.34. The van der Waals surface area contributed by atoms with E-state index in [0.717, 1.165) is 32.1 Å². The van der Waals surface area contributed by atoms with E-state index < -0.39 is 0 Å². The lowest BCUT2D eigenvalue weighted by molar-refractivity contribution is 0.0951. The Labute approximate surface area is 176 Å². The molecular weight excluding hydrogens is 430 g/mol. The number of fused-ring (bicyclic) bond motifs is 1. The molecule has 1 aromatic heterocycles. The van der Waals surface area contributed by atoms with Gasteiger partial charge in [-0.15, -0.1) is 0 Å². The first-order valence-corrected chi connectivity index (χ1v) is 9.82. The smallest absolute Gasteiger partial charge is 0.288 e. The van der Waals surface area contributed by atoms with Crippen LogP contribution in [-0.2, 0) is 0 Å². The van der Waals surface area contributed by atoms with Gasteiger partial charge in [0.25, 0.3) is 5.91 Å². The van der Waals surface area contributed by atoms with Crippen molar-refractivity contribution in [3.63, 3.8) is 0 Å². The second-order valence-corrected chi connectivity index (χ2v) is 7.61. The zero-order valence-corrected chi connectivity index (χ0v) is 17.2. The Morgan fingerprint density at radius 2 is 1.90 bits per heavy atom. The first-order valence-electron chi connectivity index (χ1n) is 9.02. The third-order valence-electron chi connectivity index (χ3n) is 4.60. The Morgan fingerprint density at radius 1 is 1.10 bits per heavy atom. The van der Waals surface area contributed by atoms with Crippen molar-refractivity contribution in [3.05, 3.63) is 88.0 Å². The van der Waals surface area contributed by atoms with Crippen molar-refractivity contribution in [1.29, 1.82) is 0 Å². The molecule has 1 heterocycles. The summed E-state index contributed by atoms with van der Waals surface area (Å²) in [6.07, 6.45) is 1.43. The number of amides is 1. The van der Waals surface area contributed by atoms with E-state index in [1.54, 1.807) is 18.2 Å². The second kappa shape index (κ2) is 7.93. The number of benzene rings is 3. The summed E-state index contributed by atoms with van der Waals surface area (Å²) in [7, 11) is 0. The second-order valence-electron chi connectivity index (χ2n) is 6.69. The Bertz CT molecular complexity index is 1230. The van der Waals surface area contributed by atoms with Gasteiger partial charge in [0.2, 0.25) is 0 Å². The molecular formula is C23H18BrN3O2. The van der Waals surface area contributed by atoms with Crippen molar-refractivity contribution in [2.24, 2.45) is 5.10 Å². The number of aromatic amines is 1. The molecule has 0 spiro atoms. The number of aromatic nitrogens is 1. The van der Waals surface area contributed by atoms with Crippen LogP contribution in [0.25, 0.3) is 22.0 Å². The fourth-order valence-electron chi connectivity index (χ4n) is 3.23. The van der Waals surface area contributed by atoms with Crippen LogP contribution in [0.15, 0.2) is 76.3 Å². The van der Waals surface area contributed by atoms with Gasteiger partial charge in [-0.05, 0) is 42.8 Å². The van der Waals surface area contributed by atoms with Crippen LogP contribution < -0.4 is 5.43 Å². The predicted molar refractivity (Wildman–Crippen MR) is 119 cm³/mol. The molecule has 6 heteroatoms. The van der Waals surface area contributed by atoms with E-state index in [4.69, 9.17) is 0 Å². The molecule has 0 saturated heterocycles. The van der Waals surface area contributed by atoms with Crippen LogP contribution in [-0.4, -0.2) is 22.2 Å². The molecule has 3 N–H and O–H groups in total. The van der Waals surface area contributed by atoms with Crippen molar-refractivity contribution < 1.29 is 9.90 Å². The normalized spacial score (nSPS) is 11.2. The summed E-state index contributed by atoms with van der Waals surface area (Å²) in [5, 5.41) is 14.9. The van der Waals surface area contributed by atoms with Gasteiger partial charge in [-0.2, -0.15) is 5.10 Å². The molecule has 0 aliphatic carbocycles. The van der Waals surface area contributed by atoms with Crippen molar-refractivity contribution in [2.75, 3.05) is 0 Å². The van der Waals surface area contributed by atoms with Crippen molar-refractivity contribution in [3.8, 4) is 16.9 Å². The summed E-state index contributed by atoms with van der Waals surface area (Å²) in [5.41, 5.74) is 7.11. The average Bonchev–Trinajstić information content (AvgIpc) is 3.10. The van der Waals surface area contributed by atoms with Crippen LogP contribution in [0, 0.1) is 6.92 Å². The number of hydrogen-bond acceptors (Lipinski definition) is 3. The number of phenols is 1. The summed E-state index contributed by atoms with van der Waals surface area (Å²) in [4.78, 5) is 16.1. The maximum atomic E-state index is 12.9. The molecule has 4 rings (SSSR count). The molecule has 0 bridgehead atoms. The monoisotopic (exact) mass is 447 g/mol. The van der Waals surface area contributed by atoms with Crippen molar-refractivity contribution in [1.82, 2.24) is 10.4 Å². The van der Waals surface area contributed by atoms with Crippen LogP contribution in [0.3, 0.4) is 0 Å². The lowest BCUT2D eigenvalue weighted by Crippen LogP contribution is -2.18. The van der Waals surface area contributed by atoms with Gasteiger partial charge in [-0.25, -0.2) is 5.43 Å². The van der Waals surface area contributed by atoms with Gasteiger partial charge in [-0.1, -0.05) is 57.9 Å². The Kier molecular flexibility index (Phi) is 5.18. The number of rotatable bonds is 4. The minimum Gasteiger partial charge on any atom is -0.507 e. The van der Waals surface area contributed by atoms with Crippen LogP contribution in [0.2, 0.25) is 0 Å². The topological polar surface area (TPSA) is 77.5 Å². The summed E-state index contributed by atoms with van der Waals surface area (Å²) in [5.74, 6) is -0.256. The molecule has 0 saturated carbocycles. The maximum absolute atomic E-state index is 12.9. The average molecular weight is 448 g/mol.